The Morgan fingerprint density at radius 1 is 1.00 bits per heavy atom. The molecule has 1 heteroatoms. The van der Waals surface area contributed by atoms with Gasteiger partial charge < -0.3 is 0 Å². The molecule has 0 spiro atoms. The molecule has 0 N–H and O–H groups in total. The van der Waals surface area contributed by atoms with Crippen molar-refractivity contribution in [3.05, 3.63) is 29.8 Å². The summed E-state index contributed by atoms with van der Waals surface area (Å²) in [6.45, 7) is 2.26. The number of aryl methyl sites for hydroxylation is 1. The van der Waals surface area contributed by atoms with Gasteiger partial charge in [-0.2, -0.15) is 0 Å². The molecule has 0 heterocycles. The van der Waals surface area contributed by atoms with Gasteiger partial charge in [0.05, 0.1) is 0 Å². The maximum absolute atomic E-state index is 2.27. The van der Waals surface area contributed by atoms with Gasteiger partial charge in [-0.05, 0) is 0 Å². The molecule has 0 fully saturated rings. The van der Waals surface area contributed by atoms with E-state index in [2.05, 4.69) is 31.2 Å². The standard InChI is InChI=1S/C12H19As/c1-2-3-4-5-6-11-7-9-12(13)10-8-11/h7-10H,2-6,13H2,1H3. The van der Waals surface area contributed by atoms with Crippen LogP contribution in [-0.4, -0.2) is 16.9 Å². The van der Waals surface area contributed by atoms with E-state index < -0.39 is 0 Å². The first kappa shape index (κ1) is 10.9. The third-order valence-corrected chi connectivity index (χ3v) is 3.11. The van der Waals surface area contributed by atoms with Crippen LogP contribution in [0.15, 0.2) is 24.3 Å². The molecule has 0 radical (unpaired) electrons. The molecule has 0 aromatic heterocycles. The van der Waals surface area contributed by atoms with Crippen LogP contribution in [0, 0.1) is 0 Å². The molecule has 0 saturated carbocycles. The zero-order valence-corrected chi connectivity index (χ0v) is 10.8. The van der Waals surface area contributed by atoms with E-state index in [1.54, 1.807) is 16.9 Å². The molecule has 0 nitrogen and oxygen atoms in total. The van der Waals surface area contributed by atoms with Crippen LogP contribution in [-0.2, 0) is 6.42 Å². The quantitative estimate of drug-likeness (QED) is 0.544. The topological polar surface area (TPSA) is 0 Å². The van der Waals surface area contributed by atoms with Gasteiger partial charge in [0.25, 0.3) is 0 Å². The summed E-state index contributed by atoms with van der Waals surface area (Å²) in [5, 5.41) is 0. The molecule has 1 unspecified atom stereocenters. The Morgan fingerprint density at radius 2 is 1.69 bits per heavy atom. The second kappa shape index (κ2) is 6.27. The van der Waals surface area contributed by atoms with Crippen LogP contribution >= 0.6 is 0 Å². The van der Waals surface area contributed by atoms with Crippen molar-refractivity contribution in [1.29, 1.82) is 0 Å². The van der Waals surface area contributed by atoms with E-state index in [1.165, 1.54) is 42.0 Å². The summed E-state index contributed by atoms with van der Waals surface area (Å²) < 4.78 is 1.42. The Morgan fingerprint density at radius 3 is 2.31 bits per heavy atom. The van der Waals surface area contributed by atoms with Gasteiger partial charge in [-0.1, -0.05) is 0 Å². The van der Waals surface area contributed by atoms with Crippen molar-refractivity contribution in [1.82, 2.24) is 0 Å². The van der Waals surface area contributed by atoms with Crippen LogP contribution in [0.5, 0.6) is 0 Å². The number of hydrogen-bond donors (Lipinski definition) is 0. The average molecular weight is 238 g/mol. The molecule has 0 aliphatic carbocycles. The molecule has 1 atom stereocenters. The predicted molar refractivity (Wildman–Crippen MR) is 62.5 cm³/mol. The Bertz CT molecular complexity index is 225. The second-order valence-electron chi connectivity index (χ2n) is 3.55. The van der Waals surface area contributed by atoms with E-state index >= 15 is 0 Å². The number of unbranched alkanes of at least 4 members (excludes halogenated alkanes) is 3. The fourth-order valence-corrected chi connectivity index (χ4v) is 1.84. The van der Waals surface area contributed by atoms with E-state index in [9.17, 15) is 0 Å². The van der Waals surface area contributed by atoms with Crippen LogP contribution in [0.2, 0.25) is 0 Å². The van der Waals surface area contributed by atoms with E-state index in [0.29, 0.717) is 0 Å². The molecule has 0 aliphatic heterocycles. The predicted octanol–water partition coefficient (Wildman–Crippen LogP) is 2.07. The molecule has 72 valence electrons. The average Bonchev–Trinajstić information content (AvgIpc) is 2.15. The third-order valence-electron chi connectivity index (χ3n) is 2.30. The molecule has 1 aromatic carbocycles. The van der Waals surface area contributed by atoms with Crippen molar-refractivity contribution >= 4 is 21.2 Å². The first-order valence-corrected chi connectivity index (χ1v) is 6.38. The van der Waals surface area contributed by atoms with Gasteiger partial charge in [-0.25, -0.2) is 0 Å². The SMILES string of the molecule is CCCCCCc1ccc([AsH2])cc1. The van der Waals surface area contributed by atoms with E-state index in [1.807, 2.05) is 0 Å². The van der Waals surface area contributed by atoms with E-state index in [-0.39, 0.29) is 0 Å². The fraction of sp³-hybridized carbons (Fsp3) is 0.500. The monoisotopic (exact) mass is 238 g/mol. The zero-order chi connectivity index (χ0) is 9.52. The van der Waals surface area contributed by atoms with Crippen LogP contribution in [0.1, 0.15) is 38.2 Å². The molecular weight excluding hydrogens is 219 g/mol. The van der Waals surface area contributed by atoms with Gasteiger partial charge >= 0.3 is 90.1 Å². The summed E-state index contributed by atoms with van der Waals surface area (Å²) >= 11 is 1.71. The summed E-state index contributed by atoms with van der Waals surface area (Å²) in [5.74, 6) is 0. The first-order chi connectivity index (χ1) is 6.33. The first-order valence-electron chi connectivity index (χ1n) is 5.17. The number of benzene rings is 1. The van der Waals surface area contributed by atoms with Gasteiger partial charge in [0.2, 0.25) is 0 Å². The van der Waals surface area contributed by atoms with Gasteiger partial charge in [-0.15, -0.1) is 0 Å². The van der Waals surface area contributed by atoms with Crippen LogP contribution in [0.4, 0.5) is 0 Å². The van der Waals surface area contributed by atoms with Crippen molar-refractivity contribution < 1.29 is 0 Å². The summed E-state index contributed by atoms with van der Waals surface area (Å²) in [5.41, 5.74) is 1.50. The van der Waals surface area contributed by atoms with Crippen molar-refractivity contribution in [2.45, 2.75) is 39.0 Å². The van der Waals surface area contributed by atoms with Crippen molar-refractivity contribution in [3.8, 4) is 0 Å². The van der Waals surface area contributed by atoms with Gasteiger partial charge in [0.1, 0.15) is 0 Å². The fourth-order valence-electron chi connectivity index (χ4n) is 1.44. The zero-order valence-electron chi connectivity index (χ0n) is 8.42. The molecule has 13 heavy (non-hydrogen) atoms. The Labute approximate surface area is 90.2 Å². The van der Waals surface area contributed by atoms with Crippen LogP contribution in [0.25, 0.3) is 0 Å². The van der Waals surface area contributed by atoms with E-state index in [4.69, 9.17) is 0 Å². The molecule has 0 aliphatic rings. The summed E-state index contributed by atoms with van der Waals surface area (Å²) in [6.07, 6.45) is 6.70. The molecule has 1 rings (SSSR count). The van der Waals surface area contributed by atoms with Crippen molar-refractivity contribution in [2.75, 3.05) is 0 Å². The van der Waals surface area contributed by atoms with Gasteiger partial charge in [-0.3, -0.25) is 0 Å². The molecule has 0 saturated heterocycles. The van der Waals surface area contributed by atoms with Crippen molar-refractivity contribution in [3.63, 3.8) is 0 Å². The second-order valence-corrected chi connectivity index (χ2v) is 4.95. The van der Waals surface area contributed by atoms with Gasteiger partial charge in [0.15, 0.2) is 0 Å². The van der Waals surface area contributed by atoms with Gasteiger partial charge in [0, 0.05) is 0 Å². The van der Waals surface area contributed by atoms with E-state index in [0.717, 1.165) is 0 Å². The Balaban J connectivity index is 2.25. The third kappa shape index (κ3) is 4.52. The van der Waals surface area contributed by atoms with Crippen LogP contribution in [0.3, 0.4) is 0 Å². The normalized spacial score (nSPS) is 10.3. The molecule has 0 bridgehead atoms. The summed E-state index contributed by atoms with van der Waals surface area (Å²) in [7, 11) is 0. The molecular formula is C12H19As. The maximum atomic E-state index is 2.27. The number of hydrogen-bond acceptors (Lipinski definition) is 0. The number of rotatable bonds is 5. The summed E-state index contributed by atoms with van der Waals surface area (Å²) in [6, 6.07) is 9.00. The minimum atomic E-state index is 1.26. The van der Waals surface area contributed by atoms with Crippen LogP contribution < -0.4 is 4.35 Å². The Hall–Kier alpha value is -0.222. The minimum absolute atomic E-state index is 1.26. The van der Waals surface area contributed by atoms with Crippen molar-refractivity contribution in [2.24, 2.45) is 0 Å². The summed E-state index contributed by atoms with van der Waals surface area (Å²) in [4.78, 5) is 0. The molecule has 0 amide bonds. The Kier molecular flexibility index (Phi) is 5.23. The molecule has 1 aromatic rings.